The van der Waals surface area contributed by atoms with Crippen LogP contribution in [0.5, 0.6) is 0 Å². The van der Waals surface area contributed by atoms with E-state index in [1.165, 1.54) is 6.07 Å². The van der Waals surface area contributed by atoms with E-state index in [-0.39, 0.29) is 22.5 Å². The monoisotopic (exact) mass is 311 g/mol. The highest BCUT2D eigenvalue weighted by atomic mass is 79.9. The fourth-order valence-electron chi connectivity index (χ4n) is 1.04. The number of halogens is 2. The zero-order valence-electron chi connectivity index (χ0n) is 8.20. The Balaban J connectivity index is 2.71. The van der Waals surface area contributed by atoms with Gasteiger partial charge in [0.2, 0.25) is 10.0 Å². The molecule has 0 bridgehead atoms. The second-order valence-electron chi connectivity index (χ2n) is 3.15. The molecule has 0 radical (unpaired) electrons. The number of hydrogen-bond donors (Lipinski definition) is 3. The van der Waals surface area contributed by atoms with E-state index in [0.29, 0.717) is 5.69 Å². The molecule has 0 spiro atoms. The van der Waals surface area contributed by atoms with Gasteiger partial charge in [-0.15, -0.1) is 0 Å². The highest BCUT2D eigenvalue weighted by Crippen LogP contribution is 2.26. The molecule has 1 rings (SSSR count). The van der Waals surface area contributed by atoms with Crippen LogP contribution in [0.15, 0.2) is 16.6 Å². The van der Waals surface area contributed by atoms with Crippen molar-refractivity contribution in [3.8, 4) is 0 Å². The third kappa shape index (κ3) is 3.95. The first-order chi connectivity index (χ1) is 7.29. The first-order valence-corrected chi connectivity index (χ1v) is 6.79. The van der Waals surface area contributed by atoms with Crippen LogP contribution < -0.4 is 16.2 Å². The Bertz CT molecular complexity index is 492. The number of nitrogen functional groups attached to an aromatic ring is 1. The van der Waals surface area contributed by atoms with E-state index >= 15 is 0 Å². The summed E-state index contributed by atoms with van der Waals surface area (Å²) in [5.74, 6) is -0.698. The number of sulfonamides is 1. The van der Waals surface area contributed by atoms with Crippen LogP contribution in [0.3, 0.4) is 0 Å². The van der Waals surface area contributed by atoms with E-state index in [9.17, 15) is 12.8 Å². The predicted octanol–water partition coefficient (Wildman–Crippen LogP) is 0.871. The van der Waals surface area contributed by atoms with Gasteiger partial charge >= 0.3 is 0 Å². The Morgan fingerprint density at radius 3 is 2.62 bits per heavy atom. The van der Waals surface area contributed by atoms with Crippen molar-refractivity contribution < 1.29 is 12.8 Å². The highest BCUT2D eigenvalue weighted by molar-refractivity contribution is 9.10. The van der Waals surface area contributed by atoms with Crippen molar-refractivity contribution in [3.05, 3.63) is 22.4 Å². The quantitative estimate of drug-likeness (QED) is 0.719. The molecule has 0 fully saturated rings. The lowest BCUT2D eigenvalue weighted by Crippen LogP contribution is -2.22. The summed E-state index contributed by atoms with van der Waals surface area (Å²) in [6.45, 7) is 0.112. The first kappa shape index (κ1) is 13.2. The molecule has 0 amide bonds. The summed E-state index contributed by atoms with van der Waals surface area (Å²) in [6.07, 6.45) is 0. The molecule has 0 aliphatic heterocycles. The van der Waals surface area contributed by atoms with Crippen LogP contribution in [0.1, 0.15) is 0 Å². The zero-order chi connectivity index (χ0) is 12.3. The SMILES string of the molecule is Nc1cc(F)c(Br)cc1NCCS(N)(=O)=O. The second-order valence-corrected chi connectivity index (χ2v) is 5.74. The normalized spacial score (nSPS) is 11.4. The summed E-state index contributed by atoms with van der Waals surface area (Å²) in [7, 11) is -3.51. The molecule has 16 heavy (non-hydrogen) atoms. The van der Waals surface area contributed by atoms with Crippen LogP contribution >= 0.6 is 15.9 Å². The maximum absolute atomic E-state index is 13.0. The molecular weight excluding hydrogens is 301 g/mol. The van der Waals surface area contributed by atoms with Gasteiger partial charge in [0.25, 0.3) is 0 Å². The molecule has 0 saturated carbocycles. The molecule has 90 valence electrons. The van der Waals surface area contributed by atoms with E-state index in [0.717, 1.165) is 6.07 Å². The summed E-state index contributed by atoms with van der Waals surface area (Å²) >= 11 is 3.00. The van der Waals surface area contributed by atoms with Crippen molar-refractivity contribution in [3.63, 3.8) is 0 Å². The van der Waals surface area contributed by atoms with Gasteiger partial charge in [-0.25, -0.2) is 17.9 Å². The minimum absolute atomic E-state index is 0.112. The molecule has 1 aromatic carbocycles. The summed E-state index contributed by atoms with van der Waals surface area (Å²) in [5, 5.41) is 7.58. The molecule has 0 aromatic heterocycles. The standard InChI is InChI=1S/C8H11BrFN3O2S/c9-5-3-8(7(11)4-6(5)10)13-1-2-16(12,14)15/h3-4,13H,1-2,11H2,(H2,12,14,15). The molecule has 1 aromatic rings. The van der Waals surface area contributed by atoms with Gasteiger partial charge < -0.3 is 11.1 Å². The second kappa shape index (κ2) is 4.98. The topological polar surface area (TPSA) is 98.2 Å². The average Bonchev–Trinajstić information content (AvgIpc) is 2.11. The van der Waals surface area contributed by atoms with E-state index in [1.54, 1.807) is 0 Å². The Morgan fingerprint density at radius 1 is 1.44 bits per heavy atom. The maximum atomic E-state index is 13.0. The fraction of sp³-hybridized carbons (Fsp3) is 0.250. The maximum Gasteiger partial charge on any atom is 0.210 e. The van der Waals surface area contributed by atoms with Gasteiger partial charge in [-0.1, -0.05) is 0 Å². The minimum atomic E-state index is -3.51. The molecule has 8 heteroatoms. The van der Waals surface area contributed by atoms with Crippen LogP contribution in [0.4, 0.5) is 15.8 Å². The van der Waals surface area contributed by atoms with Gasteiger partial charge in [-0.2, -0.15) is 0 Å². The van der Waals surface area contributed by atoms with Crippen LogP contribution in [0.25, 0.3) is 0 Å². The first-order valence-electron chi connectivity index (χ1n) is 4.28. The van der Waals surface area contributed by atoms with E-state index in [4.69, 9.17) is 10.9 Å². The lowest BCUT2D eigenvalue weighted by atomic mass is 10.2. The average molecular weight is 312 g/mol. The lowest BCUT2D eigenvalue weighted by Gasteiger charge is -2.09. The van der Waals surface area contributed by atoms with Crippen molar-refractivity contribution in [2.45, 2.75) is 0 Å². The van der Waals surface area contributed by atoms with Crippen LogP contribution in [0, 0.1) is 5.82 Å². The van der Waals surface area contributed by atoms with E-state index < -0.39 is 15.8 Å². The third-order valence-electron chi connectivity index (χ3n) is 1.79. The van der Waals surface area contributed by atoms with E-state index in [2.05, 4.69) is 21.2 Å². The zero-order valence-corrected chi connectivity index (χ0v) is 10.6. The molecule has 0 heterocycles. The van der Waals surface area contributed by atoms with Crippen molar-refractivity contribution >= 4 is 37.3 Å². The van der Waals surface area contributed by atoms with E-state index in [1.807, 2.05) is 0 Å². The summed E-state index contributed by atoms with van der Waals surface area (Å²) in [6, 6.07) is 2.58. The Kier molecular flexibility index (Phi) is 4.11. The Morgan fingerprint density at radius 2 is 2.06 bits per heavy atom. The summed E-state index contributed by atoms with van der Waals surface area (Å²) in [4.78, 5) is 0. The van der Waals surface area contributed by atoms with Gasteiger partial charge in [0.1, 0.15) is 5.82 Å². The van der Waals surface area contributed by atoms with Crippen LogP contribution in [-0.4, -0.2) is 20.7 Å². The molecular formula is C8H11BrFN3O2S. The van der Waals surface area contributed by atoms with Gasteiger partial charge in [-0.05, 0) is 22.0 Å². The fourth-order valence-corrected chi connectivity index (χ4v) is 1.77. The third-order valence-corrected chi connectivity index (χ3v) is 3.18. The molecule has 0 aliphatic rings. The largest absolute Gasteiger partial charge is 0.397 e. The molecule has 0 saturated heterocycles. The predicted molar refractivity (Wildman–Crippen MR) is 65.0 cm³/mol. The van der Waals surface area contributed by atoms with Crippen molar-refractivity contribution in [1.82, 2.24) is 0 Å². The molecule has 5 N–H and O–H groups in total. The minimum Gasteiger partial charge on any atom is -0.397 e. The van der Waals surface area contributed by atoms with Crippen molar-refractivity contribution in [2.75, 3.05) is 23.3 Å². The van der Waals surface area contributed by atoms with Gasteiger partial charge in [0, 0.05) is 12.6 Å². The highest BCUT2D eigenvalue weighted by Gasteiger charge is 2.07. The van der Waals surface area contributed by atoms with Gasteiger partial charge in [0.15, 0.2) is 0 Å². The smallest absolute Gasteiger partial charge is 0.210 e. The molecule has 0 unspecified atom stereocenters. The number of nitrogens with two attached hydrogens (primary N) is 2. The number of nitrogens with one attached hydrogen (secondary N) is 1. The summed E-state index contributed by atoms with van der Waals surface area (Å²) in [5.41, 5.74) is 6.20. The van der Waals surface area contributed by atoms with Gasteiger partial charge in [0.05, 0.1) is 21.6 Å². The lowest BCUT2D eigenvalue weighted by molar-refractivity contribution is 0.598. The number of benzene rings is 1. The van der Waals surface area contributed by atoms with Crippen molar-refractivity contribution in [2.24, 2.45) is 5.14 Å². The van der Waals surface area contributed by atoms with Crippen LogP contribution in [-0.2, 0) is 10.0 Å². The molecule has 0 atom stereocenters. The Hall–Kier alpha value is -0.860. The number of hydrogen-bond acceptors (Lipinski definition) is 4. The molecule has 0 aliphatic carbocycles. The number of primary sulfonamides is 1. The van der Waals surface area contributed by atoms with Gasteiger partial charge in [-0.3, -0.25) is 0 Å². The number of rotatable bonds is 4. The Labute approximate surface area is 101 Å². The number of anilines is 2. The summed E-state index contributed by atoms with van der Waals surface area (Å²) < 4.78 is 34.6. The van der Waals surface area contributed by atoms with Crippen molar-refractivity contribution in [1.29, 1.82) is 0 Å². The molecule has 5 nitrogen and oxygen atoms in total. The van der Waals surface area contributed by atoms with Crippen LogP contribution in [0.2, 0.25) is 0 Å².